The van der Waals surface area contributed by atoms with Gasteiger partial charge in [-0.1, -0.05) is 39.8 Å². The molecular formula is C18H15BrN4O3S. The van der Waals surface area contributed by atoms with Gasteiger partial charge in [0.25, 0.3) is 11.5 Å². The summed E-state index contributed by atoms with van der Waals surface area (Å²) >= 11 is 4.42. The van der Waals surface area contributed by atoms with E-state index in [-0.39, 0.29) is 17.2 Å². The minimum atomic E-state index is -0.539. The van der Waals surface area contributed by atoms with E-state index in [2.05, 4.69) is 36.4 Å². The number of hydrogen-bond donors (Lipinski definition) is 3. The Morgan fingerprint density at radius 1 is 1.37 bits per heavy atom. The molecule has 1 atom stereocenters. The van der Waals surface area contributed by atoms with Crippen LogP contribution >= 0.6 is 27.7 Å². The first-order chi connectivity index (χ1) is 12.9. The van der Waals surface area contributed by atoms with Gasteiger partial charge >= 0.3 is 0 Å². The normalized spacial score (nSPS) is 12.4. The number of amides is 1. The molecule has 3 rings (SSSR count). The molecule has 9 heteroatoms. The van der Waals surface area contributed by atoms with E-state index < -0.39 is 5.25 Å². The van der Waals surface area contributed by atoms with Gasteiger partial charge in [0, 0.05) is 10.0 Å². The van der Waals surface area contributed by atoms with Crippen molar-refractivity contribution in [3.05, 3.63) is 62.9 Å². The van der Waals surface area contributed by atoms with E-state index in [1.165, 1.54) is 12.3 Å². The van der Waals surface area contributed by atoms with Gasteiger partial charge in [-0.25, -0.2) is 10.4 Å². The number of halogens is 1. The smallest absolute Gasteiger partial charge is 0.259 e. The van der Waals surface area contributed by atoms with Gasteiger partial charge in [-0.05, 0) is 37.3 Å². The highest BCUT2D eigenvalue weighted by molar-refractivity contribution is 9.10. The summed E-state index contributed by atoms with van der Waals surface area (Å²) in [5.74, 6) is -0.307. The first-order valence-corrected chi connectivity index (χ1v) is 9.58. The lowest BCUT2D eigenvalue weighted by atomic mass is 10.2. The maximum absolute atomic E-state index is 12.2. The number of thioether (sulfide) groups is 1. The summed E-state index contributed by atoms with van der Waals surface area (Å²) in [4.78, 5) is 31.3. The summed E-state index contributed by atoms with van der Waals surface area (Å²) in [5, 5.41) is 13.9. The summed E-state index contributed by atoms with van der Waals surface area (Å²) < 4.78 is 0.781. The number of hydrogen-bond acceptors (Lipinski definition) is 6. The number of benzene rings is 2. The Labute approximate surface area is 167 Å². The Bertz CT molecular complexity index is 1080. The third-order valence-electron chi connectivity index (χ3n) is 3.62. The maximum atomic E-state index is 12.2. The number of phenolic OH excluding ortho intramolecular Hbond substituents is 1. The third-order valence-corrected chi connectivity index (χ3v) is 5.09. The number of rotatable bonds is 5. The molecular weight excluding hydrogens is 432 g/mol. The molecule has 7 nitrogen and oxygen atoms in total. The fraction of sp³-hybridized carbons (Fsp3) is 0.111. The summed E-state index contributed by atoms with van der Waals surface area (Å²) in [6.45, 7) is 1.68. The highest BCUT2D eigenvalue weighted by Gasteiger charge is 2.16. The molecule has 0 spiro atoms. The van der Waals surface area contributed by atoms with E-state index in [4.69, 9.17) is 0 Å². The minimum Gasteiger partial charge on any atom is -0.507 e. The number of para-hydroxylation sites is 1. The van der Waals surface area contributed by atoms with E-state index in [0.717, 1.165) is 16.2 Å². The van der Waals surface area contributed by atoms with E-state index in [1.54, 1.807) is 43.3 Å². The number of hydrazone groups is 1. The number of H-pyrrole nitrogens is 1. The highest BCUT2D eigenvalue weighted by Crippen LogP contribution is 2.21. The summed E-state index contributed by atoms with van der Waals surface area (Å²) in [6.07, 6.45) is 1.35. The molecule has 0 aliphatic heterocycles. The SMILES string of the molecule is CC(Sc1nc2ccccc2c(=O)[nH]1)C(=O)N/N=C/c1cc(Br)ccc1O. The van der Waals surface area contributed by atoms with Crippen molar-refractivity contribution in [1.29, 1.82) is 0 Å². The van der Waals surface area contributed by atoms with Crippen molar-refractivity contribution in [1.82, 2.24) is 15.4 Å². The van der Waals surface area contributed by atoms with Crippen LogP contribution in [0.4, 0.5) is 0 Å². The van der Waals surface area contributed by atoms with Gasteiger partial charge in [0.15, 0.2) is 5.16 Å². The first kappa shape index (κ1) is 19.1. The molecule has 3 N–H and O–H groups in total. The Morgan fingerprint density at radius 2 is 2.15 bits per heavy atom. The zero-order valence-electron chi connectivity index (χ0n) is 14.1. The largest absolute Gasteiger partial charge is 0.507 e. The molecule has 1 aromatic heterocycles. The van der Waals surface area contributed by atoms with Crippen LogP contribution in [0, 0.1) is 0 Å². The van der Waals surface area contributed by atoms with Crippen molar-refractivity contribution in [2.75, 3.05) is 0 Å². The molecule has 0 aliphatic rings. The monoisotopic (exact) mass is 446 g/mol. The van der Waals surface area contributed by atoms with Crippen LogP contribution in [0.5, 0.6) is 5.75 Å². The third kappa shape index (κ3) is 4.75. The van der Waals surface area contributed by atoms with Gasteiger partial charge in [-0.3, -0.25) is 9.59 Å². The van der Waals surface area contributed by atoms with Gasteiger partial charge in [0.1, 0.15) is 5.75 Å². The van der Waals surface area contributed by atoms with Gasteiger partial charge in [-0.2, -0.15) is 5.10 Å². The van der Waals surface area contributed by atoms with Crippen LogP contribution in [0.25, 0.3) is 10.9 Å². The number of nitrogens with one attached hydrogen (secondary N) is 2. The van der Waals surface area contributed by atoms with Crippen molar-refractivity contribution >= 4 is 50.7 Å². The second-order valence-electron chi connectivity index (χ2n) is 5.59. The van der Waals surface area contributed by atoms with Gasteiger partial charge < -0.3 is 10.1 Å². The summed E-state index contributed by atoms with van der Waals surface area (Å²) in [5.41, 5.74) is 3.19. The molecule has 0 saturated heterocycles. The molecule has 138 valence electrons. The lowest BCUT2D eigenvalue weighted by Gasteiger charge is -2.09. The maximum Gasteiger partial charge on any atom is 0.259 e. The molecule has 0 aliphatic carbocycles. The molecule has 1 heterocycles. The number of carbonyl (C=O) groups excluding carboxylic acids is 1. The van der Waals surface area contributed by atoms with E-state index in [0.29, 0.717) is 21.6 Å². The molecule has 27 heavy (non-hydrogen) atoms. The molecule has 0 fully saturated rings. The van der Waals surface area contributed by atoms with Crippen molar-refractivity contribution < 1.29 is 9.90 Å². The molecule has 3 aromatic rings. The second-order valence-corrected chi connectivity index (χ2v) is 7.83. The van der Waals surface area contributed by atoms with Crippen LogP contribution in [0.1, 0.15) is 12.5 Å². The number of aromatic amines is 1. The molecule has 1 amide bonds. The van der Waals surface area contributed by atoms with Crippen LogP contribution < -0.4 is 11.0 Å². The number of aromatic nitrogens is 2. The van der Waals surface area contributed by atoms with Crippen LogP contribution in [0.3, 0.4) is 0 Å². The predicted molar refractivity (Wildman–Crippen MR) is 109 cm³/mol. The number of fused-ring (bicyclic) bond motifs is 1. The quantitative estimate of drug-likeness (QED) is 0.241. The van der Waals surface area contributed by atoms with Crippen molar-refractivity contribution in [3.63, 3.8) is 0 Å². The molecule has 1 unspecified atom stereocenters. The Kier molecular flexibility index (Phi) is 5.92. The van der Waals surface area contributed by atoms with Gasteiger partial charge in [0.05, 0.1) is 22.4 Å². The van der Waals surface area contributed by atoms with E-state index in [1.807, 2.05) is 0 Å². The Morgan fingerprint density at radius 3 is 2.96 bits per heavy atom. The molecule has 2 aromatic carbocycles. The first-order valence-electron chi connectivity index (χ1n) is 7.91. The topological polar surface area (TPSA) is 107 Å². The lowest BCUT2D eigenvalue weighted by Crippen LogP contribution is -2.27. The summed E-state index contributed by atoms with van der Waals surface area (Å²) in [6, 6.07) is 11.9. The second kappa shape index (κ2) is 8.36. The number of carbonyl (C=O) groups is 1. The average Bonchev–Trinajstić information content (AvgIpc) is 2.64. The fourth-order valence-electron chi connectivity index (χ4n) is 2.23. The van der Waals surface area contributed by atoms with Crippen molar-refractivity contribution in [2.24, 2.45) is 5.10 Å². The predicted octanol–water partition coefficient (Wildman–Crippen LogP) is 3.02. The van der Waals surface area contributed by atoms with Crippen LogP contribution in [-0.4, -0.2) is 32.4 Å². The Hall–Kier alpha value is -2.65. The van der Waals surface area contributed by atoms with Crippen LogP contribution in [-0.2, 0) is 4.79 Å². The van der Waals surface area contributed by atoms with Crippen LogP contribution in [0.15, 0.2) is 62.0 Å². The zero-order valence-corrected chi connectivity index (χ0v) is 16.5. The molecule has 0 bridgehead atoms. The van der Waals surface area contributed by atoms with Crippen LogP contribution in [0.2, 0.25) is 0 Å². The van der Waals surface area contributed by atoms with Gasteiger partial charge in [-0.15, -0.1) is 0 Å². The zero-order chi connectivity index (χ0) is 19.4. The highest BCUT2D eigenvalue weighted by atomic mass is 79.9. The number of phenols is 1. The van der Waals surface area contributed by atoms with E-state index >= 15 is 0 Å². The minimum absolute atomic E-state index is 0.0524. The average molecular weight is 447 g/mol. The molecule has 0 radical (unpaired) electrons. The van der Waals surface area contributed by atoms with Crippen molar-refractivity contribution in [3.8, 4) is 5.75 Å². The lowest BCUT2D eigenvalue weighted by molar-refractivity contribution is -0.120. The fourth-order valence-corrected chi connectivity index (χ4v) is 3.40. The number of nitrogens with zero attached hydrogens (tertiary/aromatic N) is 2. The molecule has 0 saturated carbocycles. The Balaban J connectivity index is 1.66. The van der Waals surface area contributed by atoms with Gasteiger partial charge in [0.2, 0.25) is 0 Å². The standard InChI is InChI=1S/C18H15BrN4O3S/c1-10(16(25)23-20-9-11-8-12(19)6-7-15(11)24)27-18-21-14-5-3-2-4-13(14)17(26)22-18/h2-10,24H,1H3,(H,23,25)(H,21,22,26)/b20-9+. The summed E-state index contributed by atoms with van der Waals surface area (Å²) in [7, 11) is 0. The van der Waals surface area contributed by atoms with E-state index in [9.17, 15) is 14.7 Å². The number of aromatic hydroxyl groups is 1. The van der Waals surface area contributed by atoms with Crippen molar-refractivity contribution in [2.45, 2.75) is 17.3 Å².